The average molecular weight is 358 g/mol. The van der Waals surface area contributed by atoms with Crippen molar-refractivity contribution in [2.24, 2.45) is 4.99 Å². The Morgan fingerprint density at radius 3 is 2.62 bits per heavy atom. The standard InChI is InChI=1S/C19H30N6O/c1-7-20-18(23-11-14-9-8-10-21-17(14)25(5)6)24-13-16-22-12-15(26-16)19(2,3)4/h8-10,12H,7,11,13H2,1-6H3,(H2,20,23,24). The first-order valence-corrected chi connectivity index (χ1v) is 8.90. The van der Waals surface area contributed by atoms with Crippen molar-refractivity contribution >= 4 is 11.8 Å². The van der Waals surface area contributed by atoms with Crippen molar-refractivity contribution in [3.8, 4) is 0 Å². The predicted octanol–water partition coefficient (Wildman–Crippen LogP) is 2.69. The summed E-state index contributed by atoms with van der Waals surface area (Å²) in [7, 11) is 3.96. The van der Waals surface area contributed by atoms with E-state index in [1.165, 1.54) is 0 Å². The molecule has 2 aromatic rings. The zero-order valence-corrected chi connectivity index (χ0v) is 16.6. The summed E-state index contributed by atoms with van der Waals surface area (Å²) in [5, 5.41) is 6.51. The fraction of sp³-hybridized carbons (Fsp3) is 0.526. The number of oxazole rings is 1. The Morgan fingerprint density at radius 2 is 2.00 bits per heavy atom. The summed E-state index contributed by atoms with van der Waals surface area (Å²) in [6.45, 7) is 10.1. The quantitative estimate of drug-likeness (QED) is 0.611. The molecule has 0 aliphatic rings. The van der Waals surface area contributed by atoms with Gasteiger partial charge in [0.2, 0.25) is 5.89 Å². The number of pyridine rings is 1. The van der Waals surface area contributed by atoms with Crippen molar-refractivity contribution in [2.45, 2.75) is 46.2 Å². The van der Waals surface area contributed by atoms with Gasteiger partial charge in [-0.3, -0.25) is 0 Å². The number of nitrogens with zero attached hydrogens (tertiary/aromatic N) is 4. The number of hydrogen-bond acceptors (Lipinski definition) is 5. The second-order valence-electron chi connectivity index (χ2n) is 7.30. The third kappa shape index (κ3) is 5.47. The third-order valence-corrected chi connectivity index (χ3v) is 3.74. The van der Waals surface area contributed by atoms with E-state index < -0.39 is 0 Å². The lowest BCUT2D eigenvalue weighted by atomic mass is 9.94. The zero-order valence-electron chi connectivity index (χ0n) is 16.6. The fourth-order valence-corrected chi connectivity index (χ4v) is 2.36. The molecular formula is C19H30N6O. The summed E-state index contributed by atoms with van der Waals surface area (Å²) < 4.78 is 5.82. The molecule has 2 heterocycles. The molecule has 0 fully saturated rings. The zero-order chi connectivity index (χ0) is 19.2. The molecule has 7 nitrogen and oxygen atoms in total. The van der Waals surface area contributed by atoms with E-state index in [1.807, 2.05) is 38.1 Å². The van der Waals surface area contributed by atoms with E-state index in [2.05, 4.69) is 46.4 Å². The average Bonchev–Trinajstić information content (AvgIpc) is 3.07. The lowest BCUT2D eigenvalue weighted by Gasteiger charge is -2.15. The van der Waals surface area contributed by atoms with Gasteiger partial charge in [0.05, 0.1) is 19.3 Å². The van der Waals surface area contributed by atoms with Gasteiger partial charge in [-0.1, -0.05) is 26.8 Å². The van der Waals surface area contributed by atoms with E-state index in [0.29, 0.717) is 19.0 Å². The monoisotopic (exact) mass is 358 g/mol. The van der Waals surface area contributed by atoms with Crippen LogP contribution in [0.25, 0.3) is 0 Å². The maximum Gasteiger partial charge on any atom is 0.213 e. The van der Waals surface area contributed by atoms with Gasteiger partial charge in [0.25, 0.3) is 0 Å². The van der Waals surface area contributed by atoms with Gasteiger partial charge in [-0.05, 0) is 13.0 Å². The molecule has 26 heavy (non-hydrogen) atoms. The van der Waals surface area contributed by atoms with E-state index in [0.717, 1.165) is 29.6 Å². The third-order valence-electron chi connectivity index (χ3n) is 3.74. The molecule has 0 saturated heterocycles. The lowest BCUT2D eigenvalue weighted by molar-refractivity contribution is 0.379. The minimum atomic E-state index is -0.0489. The molecule has 0 bridgehead atoms. The number of rotatable bonds is 6. The first-order valence-electron chi connectivity index (χ1n) is 8.90. The Bertz CT molecular complexity index is 730. The van der Waals surface area contributed by atoms with Crippen LogP contribution in [0, 0.1) is 0 Å². The largest absolute Gasteiger partial charge is 0.443 e. The van der Waals surface area contributed by atoms with Crippen molar-refractivity contribution in [1.82, 2.24) is 20.6 Å². The van der Waals surface area contributed by atoms with Crippen LogP contribution in [0.5, 0.6) is 0 Å². The fourth-order valence-electron chi connectivity index (χ4n) is 2.36. The van der Waals surface area contributed by atoms with Gasteiger partial charge in [0, 0.05) is 37.8 Å². The first kappa shape index (κ1) is 19.8. The minimum Gasteiger partial charge on any atom is -0.443 e. The normalized spacial score (nSPS) is 12.2. The molecule has 142 valence electrons. The second-order valence-corrected chi connectivity index (χ2v) is 7.30. The highest BCUT2D eigenvalue weighted by atomic mass is 16.4. The van der Waals surface area contributed by atoms with Crippen LogP contribution in [0.1, 0.15) is 44.9 Å². The van der Waals surface area contributed by atoms with E-state index in [9.17, 15) is 0 Å². The molecule has 2 rings (SSSR count). The highest BCUT2D eigenvalue weighted by Gasteiger charge is 2.19. The van der Waals surface area contributed by atoms with Gasteiger partial charge >= 0.3 is 0 Å². The second kappa shape index (κ2) is 8.69. The van der Waals surface area contributed by atoms with Gasteiger partial charge in [-0.15, -0.1) is 0 Å². The van der Waals surface area contributed by atoms with Gasteiger partial charge in [0.1, 0.15) is 11.6 Å². The van der Waals surface area contributed by atoms with E-state index in [4.69, 9.17) is 4.42 Å². The van der Waals surface area contributed by atoms with Crippen molar-refractivity contribution in [2.75, 3.05) is 25.5 Å². The molecule has 0 aromatic carbocycles. The molecule has 0 aliphatic heterocycles. The highest BCUT2D eigenvalue weighted by molar-refractivity contribution is 5.79. The molecular weight excluding hydrogens is 328 g/mol. The van der Waals surface area contributed by atoms with E-state index in [-0.39, 0.29) is 5.41 Å². The molecule has 0 amide bonds. The van der Waals surface area contributed by atoms with Gasteiger partial charge in [0.15, 0.2) is 5.96 Å². The Morgan fingerprint density at radius 1 is 1.23 bits per heavy atom. The molecule has 0 atom stereocenters. The number of anilines is 1. The van der Waals surface area contributed by atoms with Crippen LogP contribution in [0.4, 0.5) is 5.82 Å². The van der Waals surface area contributed by atoms with E-state index in [1.54, 1.807) is 12.4 Å². The summed E-state index contributed by atoms with van der Waals surface area (Å²) >= 11 is 0. The molecule has 2 N–H and O–H groups in total. The smallest absolute Gasteiger partial charge is 0.213 e. The molecule has 0 saturated carbocycles. The SMILES string of the molecule is CCNC(=NCc1cccnc1N(C)C)NCc1ncc(C(C)(C)C)o1. The Labute approximate surface area is 155 Å². The van der Waals surface area contributed by atoms with Crippen LogP contribution in [0.3, 0.4) is 0 Å². The van der Waals surface area contributed by atoms with Gasteiger partial charge in [-0.25, -0.2) is 15.0 Å². The predicted molar refractivity (Wildman–Crippen MR) is 105 cm³/mol. The highest BCUT2D eigenvalue weighted by Crippen LogP contribution is 2.22. The molecule has 7 heteroatoms. The number of aliphatic imine (C=N–C) groups is 1. The number of aromatic nitrogens is 2. The molecule has 0 unspecified atom stereocenters. The Hall–Kier alpha value is -2.57. The van der Waals surface area contributed by atoms with Crippen molar-refractivity contribution < 1.29 is 4.42 Å². The minimum absolute atomic E-state index is 0.0489. The maximum atomic E-state index is 5.82. The van der Waals surface area contributed by atoms with Crippen molar-refractivity contribution in [1.29, 1.82) is 0 Å². The Kier molecular flexibility index (Phi) is 6.60. The van der Waals surface area contributed by atoms with Crippen molar-refractivity contribution in [3.05, 3.63) is 41.7 Å². The number of nitrogens with one attached hydrogen (secondary N) is 2. The first-order chi connectivity index (χ1) is 12.3. The summed E-state index contributed by atoms with van der Waals surface area (Å²) in [5.74, 6) is 3.17. The van der Waals surface area contributed by atoms with Crippen LogP contribution in [0.2, 0.25) is 0 Å². The molecule has 0 aliphatic carbocycles. The van der Waals surface area contributed by atoms with Crippen LogP contribution < -0.4 is 15.5 Å². The lowest BCUT2D eigenvalue weighted by Crippen LogP contribution is -2.36. The summed E-state index contributed by atoms with van der Waals surface area (Å²) in [4.78, 5) is 15.4. The summed E-state index contributed by atoms with van der Waals surface area (Å²) in [6.07, 6.45) is 3.58. The van der Waals surface area contributed by atoms with E-state index >= 15 is 0 Å². The number of hydrogen-bond donors (Lipinski definition) is 2. The maximum absolute atomic E-state index is 5.82. The molecule has 0 radical (unpaired) electrons. The molecule has 0 spiro atoms. The van der Waals surface area contributed by atoms with Crippen LogP contribution in [-0.2, 0) is 18.5 Å². The van der Waals surface area contributed by atoms with Crippen LogP contribution in [-0.4, -0.2) is 36.6 Å². The number of guanidine groups is 1. The van der Waals surface area contributed by atoms with Crippen LogP contribution >= 0.6 is 0 Å². The van der Waals surface area contributed by atoms with Gasteiger partial charge < -0.3 is 20.0 Å². The summed E-state index contributed by atoms with van der Waals surface area (Å²) in [5.41, 5.74) is 1.02. The summed E-state index contributed by atoms with van der Waals surface area (Å²) in [6, 6.07) is 3.97. The topological polar surface area (TPSA) is 78.6 Å². The van der Waals surface area contributed by atoms with Gasteiger partial charge in [-0.2, -0.15) is 0 Å². The molecule has 2 aromatic heterocycles. The van der Waals surface area contributed by atoms with Crippen LogP contribution in [0.15, 0.2) is 33.9 Å². The van der Waals surface area contributed by atoms with Crippen molar-refractivity contribution in [3.63, 3.8) is 0 Å². The Balaban J connectivity index is 2.04.